The molecule has 28 heavy (non-hydrogen) atoms. The Labute approximate surface area is 163 Å². The molecule has 0 saturated carbocycles. The highest BCUT2D eigenvalue weighted by Crippen LogP contribution is 2.32. The standard InChI is InChI=1S/C18H14F3N3O3S/c1-25-15-8-12(4-7-14(15)16-9-22-10-26-16)24-17(28)23-11-2-5-13(6-3-11)27-18(19,20)21/h2-10H,1H3,(H2,23,24,28). The van der Waals surface area contributed by atoms with Gasteiger partial charge in [0.1, 0.15) is 11.5 Å². The Morgan fingerprint density at radius 2 is 1.75 bits per heavy atom. The molecule has 2 aromatic carbocycles. The molecule has 0 radical (unpaired) electrons. The minimum atomic E-state index is -4.73. The van der Waals surface area contributed by atoms with Crippen molar-refractivity contribution in [3.8, 4) is 22.8 Å². The van der Waals surface area contributed by atoms with E-state index in [9.17, 15) is 13.2 Å². The molecule has 3 aromatic rings. The zero-order valence-corrected chi connectivity index (χ0v) is 15.2. The highest BCUT2D eigenvalue weighted by molar-refractivity contribution is 7.80. The normalized spacial score (nSPS) is 11.0. The number of methoxy groups -OCH3 is 1. The van der Waals surface area contributed by atoms with Gasteiger partial charge >= 0.3 is 6.36 Å². The molecule has 0 spiro atoms. The van der Waals surface area contributed by atoms with E-state index in [4.69, 9.17) is 21.4 Å². The smallest absolute Gasteiger partial charge is 0.496 e. The van der Waals surface area contributed by atoms with Gasteiger partial charge in [-0.1, -0.05) is 0 Å². The number of hydrogen-bond donors (Lipinski definition) is 2. The van der Waals surface area contributed by atoms with Crippen molar-refractivity contribution < 1.29 is 27.1 Å². The zero-order valence-electron chi connectivity index (χ0n) is 14.4. The second kappa shape index (κ2) is 8.17. The number of alkyl halides is 3. The van der Waals surface area contributed by atoms with Crippen LogP contribution in [0.1, 0.15) is 0 Å². The molecule has 0 aliphatic rings. The van der Waals surface area contributed by atoms with Crippen molar-refractivity contribution in [3.63, 3.8) is 0 Å². The maximum Gasteiger partial charge on any atom is 0.573 e. The van der Waals surface area contributed by atoms with E-state index in [2.05, 4.69) is 20.4 Å². The first-order valence-electron chi connectivity index (χ1n) is 7.85. The van der Waals surface area contributed by atoms with E-state index in [1.165, 1.54) is 37.8 Å². The van der Waals surface area contributed by atoms with Gasteiger partial charge in [-0.25, -0.2) is 4.98 Å². The summed E-state index contributed by atoms with van der Waals surface area (Å²) in [4.78, 5) is 3.88. The minimum Gasteiger partial charge on any atom is -0.496 e. The molecule has 146 valence electrons. The Morgan fingerprint density at radius 1 is 1.07 bits per heavy atom. The Morgan fingerprint density at radius 3 is 2.36 bits per heavy atom. The summed E-state index contributed by atoms with van der Waals surface area (Å²) >= 11 is 5.23. The summed E-state index contributed by atoms with van der Waals surface area (Å²) in [5.74, 6) is 0.799. The second-order valence-corrected chi connectivity index (χ2v) is 5.84. The third kappa shape index (κ3) is 5.13. The summed E-state index contributed by atoms with van der Waals surface area (Å²) in [7, 11) is 1.53. The lowest BCUT2D eigenvalue weighted by atomic mass is 10.1. The molecular formula is C18H14F3N3O3S. The van der Waals surface area contributed by atoms with E-state index in [-0.39, 0.29) is 10.9 Å². The average Bonchev–Trinajstić information content (AvgIpc) is 3.16. The quantitative estimate of drug-likeness (QED) is 0.571. The van der Waals surface area contributed by atoms with Gasteiger partial charge in [0.2, 0.25) is 0 Å². The molecule has 0 aliphatic carbocycles. The third-order valence-electron chi connectivity index (χ3n) is 3.50. The predicted molar refractivity (Wildman–Crippen MR) is 101 cm³/mol. The molecule has 3 rings (SSSR count). The molecule has 0 fully saturated rings. The summed E-state index contributed by atoms with van der Waals surface area (Å²) in [6.07, 6.45) is -1.84. The summed E-state index contributed by atoms with van der Waals surface area (Å²) in [6.45, 7) is 0. The summed E-state index contributed by atoms with van der Waals surface area (Å²) in [6, 6.07) is 10.5. The van der Waals surface area contributed by atoms with Crippen LogP contribution in [0.2, 0.25) is 0 Å². The number of nitrogens with one attached hydrogen (secondary N) is 2. The molecule has 2 N–H and O–H groups in total. The molecule has 1 heterocycles. The van der Waals surface area contributed by atoms with Crippen LogP contribution in [0.4, 0.5) is 24.5 Å². The Hall–Kier alpha value is -3.27. The van der Waals surface area contributed by atoms with Crippen LogP contribution >= 0.6 is 12.2 Å². The second-order valence-electron chi connectivity index (χ2n) is 5.43. The fraction of sp³-hybridized carbons (Fsp3) is 0.111. The van der Waals surface area contributed by atoms with Gasteiger partial charge in [-0.05, 0) is 48.6 Å². The maximum atomic E-state index is 12.2. The SMILES string of the molecule is COc1cc(NC(=S)Nc2ccc(OC(F)(F)F)cc2)ccc1-c1cnco1. The van der Waals surface area contributed by atoms with Crippen LogP contribution < -0.4 is 20.1 Å². The number of thiocarbonyl (C=S) groups is 1. The molecule has 1 aromatic heterocycles. The Balaban J connectivity index is 1.65. The fourth-order valence-electron chi connectivity index (χ4n) is 2.35. The first kappa shape index (κ1) is 19.5. The van der Waals surface area contributed by atoms with Crippen molar-refractivity contribution in [2.45, 2.75) is 6.36 Å². The van der Waals surface area contributed by atoms with E-state index in [0.29, 0.717) is 22.9 Å². The van der Waals surface area contributed by atoms with Crippen molar-refractivity contribution in [2.24, 2.45) is 0 Å². The number of hydrogen-bond acceptors (Lipinski definition) is 5. The van der Waals surface area contributed by atoms with Crippen LogP contribution in [-0.4, -0.2) is 23.6 Å². The van der Waals surface area contributed by atoms with E-state index in [1.54, 1.807) is 24.4 Å². The van der Waals surface area contributed by atoms with Crippen molar-refractivity contribution >= 4 is 28.7 Å². The van der Waals surface area contributed by atoms with Gasteiger partial charge in [-0.3, -0.25) is 0 Å². The molecule has 0 unspecified atom stereocenters. The van der Waals surface area contributed by atoms with E-state index in [0.717, 1.165) is 5.56 Å². The van der Waals surface area contributed by atoms with Crippen LogP contribution in [0.25, 0.3) is 11.3 Å². The summed E-state index contributed by atoms with van der Waals surface area (Å²) < 4.78 is 51.0. The summed E-state index contributed by atoms with van der Waals surface area (Å²) in [5, 5.41) is 6.10. The van der Waals surface area contributed by atoms with Crippen LogP contribution in [0, 0.1) is 0 Å². The lowest BCUT2D eigenvalue weighted by Gasteiger charge is -2.13. The van der Waals surface area contributed by atoms with Gasteiger partial charge in [-0.2, -0.15) is 0 Å². The molecule has 0 atom stereocenters. The number of anilines is 2. The first-order chi connectivity index (χ1) is 13.3. The number of nitrogens with zero attached hydrogens (tertiary/aromatic N) is 1. The van der Waals surface area contributed by atoms with Crippen molar-refractivity contribution in [1.82, 2.24) is 4.98 Å². The lowest BCUT2D eigenvalue weighted by molar-refractivity contribution is -0.274. The van der Waals surface area contributed by atoms with Gasteiger partial charge < -0.3 is 24.5 Å². The number of ether oxygens (including phenoxy) is 2. The molecule has 0 bridgehead atoms. The number of oxazole rings is 1. The van der Waals surface area contributed by atoms with Gasteiger partial charge in [0.25, 0.3) is 0 Å². The fourth-order valence-corrected chi connectivity index (χ4v) is 2.59. The van der Waals surface area contributed by atoms with Crippen molar-refractivity contribution in [2.75, 3.05) is 17.7 Å². The summed E-state index contributed by atoms with van der Waals surface area (Å²) in [5.41, 5.74) is 1.87. The van der Waals surface area contributed by atoms with E-state index in [1.807, 2.05) is 0 Å². The first-order valence-corrected chi connectivity index (χ1v) is 8.25. The lowest BCUT2D eigenvalue weighted by Crippen LogP contribution is -2.19. The number of rotatable bonds is 5. The third-order valence-corrected chi connectivity index (χ3v) is 3.71. The molecule has 10 heteroatoms. The van der Waals surface area contributed by atoms with Crippen LogP contribution in [0.3, 0.4) is 0 Å². The average molecular weight is 409 g/mol. The van der Waals surface area contributed by atoms with Gasteiger partial charge in [0.15, 0.2) is 17.3 Å². The number of benzene rings is 2. The number of aromatic nitrogens is 1. The molecule has 0 saturated heterocycles. The van der Waals surface area contributed by atoms with Crippen LogP contribution in [0.5, 0.6) is 11.5 Å². The molecular weight excluding hydrogens is 395 g/mol. The van der Waals surface area contributed by atoms with Crippen molar-refractivity contribution in [3.05, 3.63) is 55.1 Å². The highest BCUT2D eigenvalue weighted by atomic mass is 32.1. The minimum absolute atomic E-state index is 0.249. The van der Waals surface area contributed by atoms with Crippen LogP contribution in [-0.2, 0) is 0 Å². The predicted octanol–water partition coefficient (Wildman–Crippen LogP) is 5.06. The topological polar surface area (TPSA) is 68.5 Å². The molecule has 0 amide bonds. The van der Waals surface area contributed by atoms with E-state index >= 15 is 0 Å². The van der Waals surface area contributed by atoms with E-state index < -0.39 is 6.36 Å². The van der Waals surface area contributed by atoms with Crippen molar-refractivity contribution in [1.29, 1.82) is 0 Å². The van der Waals surface area contributed by atoms with Gasteiger partial charge in [0, 0.05) is 17.4 Å². The Kier molecular flexibility index (Phi) is 5.69. The Bertz CT molecular complexity index is 945. The monoisotopic (exact) mass is 409 g/mol. The van der Waals surface area contributed by atoms with Gasteiger partial charge in [0.05, 0.1) is 18.9 Å². The van der Waals surface area contributed by atoms with Crippen LogP contribution in [0.15, 0.2) is 59.5 Å². The maximum absolute atomic E-state index is 12.2. The zero-order chi connectivity index (χ0) is 20.1. The number of halogens is 3. The van der Waals surface area contributed by atoms with Gasteiger partial charge in [-0.15, -0.1) is 13.2 Å². The highest BCUT2D eigenvalue weighted by Gasteiger charge is 2.30. The largest absolute Gasteiger partial charge is 0.573 e. The molecule has 6 nitrogen and oxygen atoms in total. The molecule has 0 aliphatic heterocycles.